The van der Waals surface area contributed by atoms with Gasteiger partial charge in [0.15, 0.2) is 11.6 Å². The van der Waals surface area contributed by atoms with Gasteiger partial charge in [0.25, 0.3) is 0 Å². The van der Waals surface area contributed by atoms with Crippen molar-refractivity contribution in [3.05, 3.63) is 35.6 Å². The van der Waals surface area contributed by atoms with E-state index in [1.165, 1.54) is 0 Å². The molecule has 0 amide bonds. The maximum Gasteiger partial charge on any atom is 0.191 e. The van der Waals surface area contributed by atoms with Crippen molar-refractivity contribution in [1.82, 2.24) is 5.16 Å². The Balaban J connectivity index is 2.30. The molecule has 16 heavy (non-hydrogen) atoms. The van der Waals surface area contributed by atoms with Gasteiger partial charge in [-0.3, -0.25) is 0 Å². The van der Waals surface area contributed by atoms with E-state index in [0.29, 0.717) is 10.8 Å². The summed E-state index contributed by atoms with van der Waals surface area (Å²) in [6, 6.07) is 7.59. The largest absolute Gasteiger partial charge is 0.464 e. The number of aromatic nitrogens is 1. The van der Waals surface area contributed by atoms with Crippen LogP contribution < -0.4 is 5.73 Å². The monoisotopic (exact) mass is 234 g/mol. The third kappa shape index (κ3) is 1.20. The van der Waals surface area contributed by atoms with E-state index < -0.39 is 0 Å². The smallest absolute Gasteiger partial charge is 0.191 e. The number of nitrogens with two attached hydrogens (primary N) is 1. The predicted molar refractivity (Wildman–Crippen MR) is 61.1 cm³/mol. The van der Waals surface area contributed by atoms with Crippen molar-refractivity contribution in [2.24, 2.45) is 0 Å². The van der Waals surface area contributed by atoms with E-state index in [1.807, 2.05) is 24.3 Å². The van der Waals surface area contributed by atoms with Crippen LogP contribution in [-0.4, -0.2) is 5.16 Å². The Morgan fingerprint density at radius 2 is 2.06 bits per heavy atom. The van der Waals surface area contributed by atoms with Gasteiger partial charge in [-0.2, -0.15) is 0 Å². The van der Waals surface area contributed by atoms with Crippen LogP contribution in [0.2, 0.25) is 5.02 Å². The summed E-state index contributed by atoms with van der Waals surface area (Å²) in [4.78, 5) is 0. The maximum atomic E-state index is 5.98. The lowest BCUT2D eigenvalue weighted by molar-refractivity contribution is 0.435. The van der Waals surface area contributed by atoms with Gasteiger partial charge in [-0.05, 0) is 6.07 Å². The third-order valence-corrected chi connectivity index (χ3v) is 2.75. The molecule has 0 aliphatic carbocycles. The predicted octanol–water partition coefficient (Wildman–Crippen LogP) is 3.32. The second kappa shape index (κ2) is 3.28. The van der Waals surface area contributed by atoms with Gasteiger partial charge in [0, 0.05) is 5.39 Å². The second-order valence-electron chi connectivity index (χ2n) is 3.36. The number of hydrogen-bond acceptors (Lipinski definition) is 4. The van der Waals surface area contributed by atoms with E-state index in [2.05, 4.69) is 5.16 Å². The van der Waals surface area contributed by atoms with Crippen LogP contribution in [0.1, 0.15) is 0 Å². The number of nitrogen functional groups attached to an aromatic ring is 1. The molecule has 0 bridgehead atoms. The van der Waals surface area contributed by atoms with Crippen molar-refractivity contribution in [2.75, 3.05) is 5.73 Å². The molecule has 2 N–H and O–H groups in total. The lowest BCUT2D eigenvalue weighted by Crippen LogP contribution is -1.82. The van der Waals surface area contributed by atoms with Crippen molar-refractivity contribution in [1.29, 1.82) is 0 Å². The van der Waals surface area contributed by atoms with Crippen molar-refractivity contribution >= 4 is 28.4 Å². The summed E-state index contributed by atoms with van der Waals surface area (Å²) in [5, 5.41) is 4.84. The number of furan rings is 1. The number of anilines is 1. The standard InChI is InChI=1S/C11H7ClN2O2/c12-9-10(16-14-11(9)13)7-5-15-8-4-2-1-3-6(7)8/h1-5H,(H2,13,14). The normalized spacial score (nSPS) is 11.1. The van der Waals surface area contributed by atoms with Crippen molar-refractivity contribution < 1.29 is 8.94 Å². The summed E-state index contributed by atoms with van der Waals surface area (Å²) in [7, 11) is 0. The van der Waals surface area contributed by atoms with Crippen LogP contribution in [0.15, 0.2) is 39.5 Å². The maximum absolute atomic E-state index is 5.98. The summed E-state index contributed by atoms with van der Waals surface area (Å²) in [6.07, 6.45) is 1.58. The van der Waals surface area contributed by atoms with E-state index >= 15 is 0 Å². The first-order valence-corrected chi connectivity index (χ1v) is 5.02. The number of rotatable bonds is 1. The first-order chi connectivity index (χ1) is 7.77. The Hall–Kier alpha value is -1.94. The average molecular weight is 235 g/mol. The Labute approximate surface area is 95.6 Å². The third-order valence-electron chi connectivity index (χ3n) is 2.39. The number of hydrogen-bond donors (Lipinski definition) is 1. The highest BCUT2D eigenvalue weighted by atomic mass is 35.5. The lowest BCUT2D eigenvalue weighted by Gasteiger charge is -1.91. The van der Waals surface area contributed by atoms with E-state index in [-0.39, 0.29) is 5.82 Å². The molecule has 2 heterocycles. The molecule has 80 valence electrons. The summed E-state index contributed by atoms with van der Waals surface area (Å²) in [5.41, 5.74) is 7.04. The van der Waals surface area contributed by atoms with Gasteiger partial charge >= 0.3 is 0 Å². The molecule has 0 unspecified atom stereocenters. The molecule has 4 nitrogen and oxygen atoms in total. The zero-order valence-electron chi connectivity index (χ0n) is 8.11. The fraction of sp³-hybridized carbons (Fsp3) is 0. The topological polar surface area (TPSA) is 65.2 Å². The Morgan fingerprint density at radius 1 is 1.25 bits per heavy atom. The summed E-state index contributed by atoms with van der Waals surface area (Å²) >= 11 is 5.98. The van der Waals surface area contributed by atoms with Gasteiger partial charge in [-0.15, -0.1) is 0 Å². The molecular formula is C11H7ClN2O2. The quantitative estimate of drug-likeness (QED) is 0.701. The van der Waals surface area contributed by atoms with Crippen LogP contribution in [0.5, 0.6) is 0 Å². The van der Waals surface area contributed by atoms with Gasteiger partial charge in [0.2, 0.25) is 0 Å². The van der Waals surface area contributed by atoms with E-state index in [4.69, 9.17) is 26.3 Å². The first kappa shape index (κ1) is 9.30. The molecule has 0 saturated heterocycles. The van der Waals surface area contributed by atoms with Crippen LogP contribution >= 0.6 is 11.6 Å². The molecule has 0 aliphatic heterocycles. The molecule has 5 heteroatoms. The molecule has 3 rings (SSSR count). The Bertz CT molecular complexity index is 657. The molecule has 2 aromatic heterocycles. The molecule has 3 aromatic rings. The van der Waals surface area contributed by atoms with Gasteiger partial charge in [0.05, 0.1) is 5.56 Å². The average Bonchev–Trinajstić information content (AvgIpc) is 2.85. The van der Waals surface area contributed by atoms with Crippen molar-refractivity contribution in [2.45, 2.75) is 0 Å². The van der Waals surface area contributed by atoms with Gasteiger partial charge in [-0.1, -0.05) is 35.0 Å². The molecule has 0 aliphatic rings. The molecule has 0 saturated carbocycles. The van der Waals surface area contributed by atoms with Gasteiger partial charge in [-0.25, -0.2) is 0 Å². The molecule has 0 spiro atoms. The highest BCUT2D eigenvalue weighted by Gasteiger charge is 2.17. The number of benzene rings is 1. The number of halogens is 1. The molecule has 1 aromatic carbocycles. The minimum Gasteiger partial charge on any atom is -0.464 e. The second-order valence-corrected chi connectivity index (χ2v) is 3.73. The van der Waals surface area contributed by atoms with Crippen molar-refractivity contribution in [3.8, 4) is 11.3 Å². The van der Waals surface area contributed by atoms with E-state index in [9.17, 15) is 0 Å². The Morgan fingerprint density at radius 3 is 2.81 bits per heavy atom. The molecule has 0 atom stereocenters. The number of nitrogens with zero attached hydrogens (tertiary/aromatic N) is 1. The van der Waals surface area contributed by atoms with Gasteiger partial charge < -0.3 is 14.7 Å². The fourth-order valence-corrected chi connectivity index (χ4v) is 1.78. The number of para-hydroxylation sites is 1. The first-order valence-electron chi connectivity index (χ1n) is 4.64. The minimum absolute atomic E-state index is 0.182. The highest BCUT2D eigenvalue weighted by molar-refractivity contribution is 6.35. The van der Waals surface area contributed by atoms with Crippen LogP contribution in [0.4, 0.5) is 5.82 Å². The zero-order valence-corrected chi connectivity index (χ0v) is 8.86. The minimum atomic E-state index is 0.182. The molecule has 0 fully saturated rings. The molecule has 0 radical (unpaired) electrons. The summed E-state index contributed by atoms with van der Waals surface area (Å²) in [6.45, 7) is 0. The van der Waals surface area contributed by atoms with E-state index in [1.54, 1.807) is 6.26 Å². The van der Waals surface area contributed by atoms with Crippen LogP contribution in [0.3, 0.4) is 0 Å². The highest BCUT2D eigenvalue weighted by Crippen LogP contribution is 2.37. The summed E-state index contributed by atoms with van der Waals surface area (Å²) in [5.74, 6) is 0.617. The van der Waals surface area contributed by atoms with Crippen molar-refractivity contribution in [3.63, 3.8) is 0 Å². The van der Waals surface area contributed by atoms with Crippen LogP contribution in [0.25, 0.3) is 22.3 Å². The van der Waals surface area contributed by atoms with Crippen LogP contribution in [0, 0.1) is 0 Å². The summed E-state index contributed by atoms with van der Waals surface area (Å²) < 4.78 is 10.5. The number of fused-ring (bicyclic) bond motifs is 1. The van der Waals surface area contributed by atoms with E-state index in [0.717, 1.165) is 16.5 Å². The molecular weight excluding hydrogens is 228 g/mol. The SMILES string of the molecule is Nc1noc(-c2coc3ccccc23)c1Cl. The van der Waals surface area contributed by atoms with Gasteiger partial charge in [0.1, 0.15) is 16.9 Å². The lowest BCUT2D eigenvalue weighted by atomic mass is 10.1. The Kier molecular flexibility index (Phi) is 1.91. The van der Waals surface area contributed by atoms with Crippen LogP contribution in [-0.2, 0) is 0 Å². The zero-order chi connectivity index (χ0) is 11.1. The fourth-order valence-electron chi connectivity index (χ4n) is 1.61.